The van der Waals surface area contributed by atoms with E-state index in [0.29, 0.717) is 5.56 Å². The Labute approximate surface area is 127 Å². The molecule has 8 nitrogen and oxygen atoms in total. The van der Waals surface area contributed by atoms with Crippen molar-refractivity contribution >= 4 is 33.7 Å². The summed E-state index contributed by atoms with van der Waals surface area (Å²) in [6, 6.07) is 1.38. The number of hydrogen-bond acceptors (Lipinski definition) is 4. The zero-order valence-corrected chi connectivity index (χ0v) is 11.8. The van der Waals surface area contributed by atoms with Gasteiger partial charge in [-0.3, -0.25) is 9.59 Å². The quantitative estimate of drug-likeness (QED) is 0.522. The molecule has 0 spiro atoms. The highest BCUT2D eigenvalue weighted by Crippen LogP contribution is 2.22. The van der Waals surface area contributed by atoms with Crippen LogP contribution in [0.5, 0.6) is 0 Å². The summed E-state index contributed by atoms with van der Waals surface area (Å²) < 4.78 is 0. The number of pyridine rings is 2. The summed E-state index contributed by atoms with van der Waals surface area (Å²) in [7, 11) is 0. The maximum absolute atomic E-state index is 12.3. The molecule has 1 aromatic carbocycles. The smallest absolute Gasteiger partial charge is 0.341 e. The number of aromatic amines is 2. The van der Waals surface area contributed by atoms with Crippen LogP contribution in [0, 0.1) is 6.92 Å². The molecule has 2 heterocycles. The van der Waals surface area contributed by atoms with Crippen LogP contribution in [-0.4, -0.2) is 32.1 Å². The minimum absolute atomic E-state index is 0.105. The third-order valence-electron chi connectivity index (χ3n) is 3.67. The number of H-pyrrole nitrogens is 2. The third-order valence-corrected chi connectivity index (χ3v) is 3.67. The van der Waals surface area contributed by atoms with Gasteiger partial charge in [0.05, 0.1) is 16.4 Å². The Balaban J connectivity index is 2.56. The SMILES string of the molecule is Cc1cc2c(=O)c(C(=O)O)c[nH]c2c2[nH]cc(C(=O)O)c(=O)c12. The van der Waals surface area contributed by atoms with Gasteiger partial charge < -0.3 is 20.2 Å². The number of benzene rings is 1. The summed E-state index contributed by atoms with van der Waals surface area (Å²) in [4.78, 5) is 52.1. The molecule has 0 aliphatic carbocycles. The minimum Gasteiger partial charge on any atom is -0.477 e. The molecule has 0 amide bonds. The van der Waals surface area contributed by atoms with E-state index in [1.54, 1.807) is 6.92 Å². The normalized spacial score (nSPS) is 11.0. The van der Waals surface area contributed by atoms with E-state index in [1.807, 2.05) is 0 Å². The molecular weight excluding hydrogens is 304 g/mol. The van der Waals surface area contributed by atoms with E-state index >= 15 is 0 Å². The Kier molecular flexibility index (Phi) is 3.03. The summed E-state index contributed by atoms with van der Waals surface area (Å²) in [5, 5.41) is 18.3. The lowest BCUT2D eigenvalue weighted by Gasteiger charge is -2.08. The lowest BCUT2D eigenvalue weighted by Crippen LogP contribution is -2.19. The molecule has 2 aromatic heterocycles. The van der Waals surface area contributed by atoms with Crippen LogP contribution >= 0.6 is 0 Å². The fraction of sp³-hybridized carbons (Fsp3) is 0.0667. The van der Waals surface area contributed by atoms with E-state index in [2.05, 4.69) is 9.97 Å². The molecule has 0 atom stereocenters. The Bertz CT molecular complexity index is 1120. The molecule has 116 valence electrons. The van der Waals surface area contributed by atoms with Gasteiger partial charge in [0.2, 0.25) is 10.9 Å². The van der Waals surface area contributed by atoms with Crippen LogP contribution in [0.25, 0.3) is 21.8 Å². The first-order valence-corrected chi connectivity index (χ1v) is 6.50. The van der Waals surface area contributed by atoms with Crippen LogP contribution in [0.15, 0.2) is 28.0 Å². The number of carboxylic acids is 2. The van der Waals surface area contributed by atoms with Gasteiger partial charge in [0.1, 0.15) is 11.1 Å². The van der Waals surface area contributed by atoms with Gasteiger partial charge in [0, 0.05) is 17.8 Å². The average molecular weight is 314 g/mol. The first kappa shape index (κ1) is 14.5. The van der Waals surface area contributed by atoms with Crippen molar-refractivity contribution in [3.05, 3.63) is 55.6 Å². The number of carbonyl (C=O) groups is 2. The summed E-state index contributed by atoms with van der Waals surface area (Å²) >= 11 is 0. The minimum atomic E-state index is -1.36. The number of rotatable bonds is 2. The monoisotopic (exact) mass is 314 g/mol. The highest BCUT2D eigenvalue weighted by Gasteiger charge is 2.18. The van der Waals surface area contributed by atoms with E-state index < -0.39 is 33.9 Å². The van der Waals surface area contributed by atoms with Crippen molar-refractivity contribution < 1.29 is 19.8 Å². The zero-order chi connectivity index (χ0) is 16.9. The van der Waals surface area contributed by atoms with Gasteiger partial charge in [-0.15, -0.1) is 0 Å². The van der Waals surface area contributed by atoms with Gasteiger partial charge in [-0.25, -0.2) is 9.59 Å². The second-order valence-electron chi connectivity index (χ2n) is 5.04. The van der Waals surface area contributed by atoms with Crippen LogP contribution in [0.1, 0.15) is 26.3 Å². The van der Waals surface area contributed by atoms with Gasteiger partial charge in [0.15, 0.2) is 0 Å². The van der Waals surface area contributed by atoms with Crippen LogP contribution in [0.4, 0.5) is 0 Å². The van der Waals surface area contributed by atoms with Gasteiger partial charge in [-0.05, 0) is 18.6 Å². The molecule has 0 saturated carbocycles. The third kappa shape index (κ3) is 2.00. The summed E-state index contributed by atoms with van der Waals surface area (Å²) in [6.45, 7) is 1.55. The predicted molar refractivity (Wildman–Crippen MR) is 81.4 cm³/mol. The largest absolute Gasteiger partial charge is 0.477 e. The number of aryl methyl sites for hydroxylation is 1. The van der Waals surface area contributed by atoms with Crippen LogP contribution < -0.4 is 10.9 Å². The van der Waals surface area contributed by atoms with Crippen molar-refractivity contribution in [1.29, 1.82) is 0 Å². The molecule has 0 aliphatic rings. The van der Waals surface area contributed by atoms with Crippen molar-refractivity contribution in [1.82, 2.24) is 9.97 Å². The summed E-state index contributed by atoms with van der Waals surface area (Å²) in [6.07, 6.45) is 2.10. The number of aromatic nitrogens is 2. The van der Waals surface area contributed by atoms with Crippen molar-refractivity contribution in [2.75, 3.05) is 0 Å². The summed E-state index contributed by atoms with van der Waals surface area (Å²) in [5.74, 6) is -2.72. The molecular formula is C15H10N2O6. The fourth-order valence-electron chi connectivity index (χ4n) is 2.60. The number of fused-ring (bicyclic) bond motifs is 3. The maximum Gasteiger partial charge on any atom is 0.341 e. The molecule has 8 heteroatoms. The highest BCUT2D eigenvalue weighted by atomic mass is 16.4. The number of hydrogen-bond donors (Lipinski definition) is 4. The molecule has 3 rings (SSSR count). The average Bonchev–Trinajstić information content (AvgIpc) is 2.47. The molecule has 23 heavy (non-hydrogen) atoms. The summed E-state index contributed by atoms with van der Waals surface area (Å²) in [5.41, 5.74) is -1.30. The van der Waals surface area contributed by atoms with E-state index in [1.165, 1.54) is 6.07 Å². The van der Waals surface area contributed by atoms with Crippen LogP contribution in [0.2, 0.25) is 0 Å². The first-order chi connectivity index (χ1) is 10.8. The first-order valence-electron chi connectivity index (χ1n) is 6.50. The Morgan fingerprint density at radius 1 is 0.913 bits per heavy atom. The molecule has 0 aliphatic heterocycles. The van der Waals surface area contributed by atoms with E-state index in [9.17, 15) is 19.2 Å². The van der Waals surface area contributed by atoms with Crippen molar-refractivity contribution in [2.45, 2.75) is 6.92 Å². The van der Waals surface area contributed by atoms with E-state index in [0.717, 1.165) is 12.4 Å². The molecule has 0 unspecified atom stereocenters. The molecule has 0 bridgehead atoms. The van der Waals surface area contributed by atoms with Gasteiger partial charge in [-0.1, -0.05) is 0 Å². The number of carboxylic acid groups (broad SMARTS) is 2. The maximum atomic E-state index is 12.3. The van der Waals surface area contributed by atoms with Gasteiger partial charge in [0.25, 0.3) is 0 Å². The van der Waals surface area contributed by atoms with Gasteiger partial charge >= 0.3 is 11.9 Å². The Hall–Kier alpha value is -3.42. The Morgan fingerprint density at radius 3 is 2.00 bits per heavy atom. The van der Waals surface area contributed by atoms with Crippen LogP contribution in [0.3, 0.4) is 0 Å². The second kappa shape index (κ2) is 4.80. The van der Waals surface area contributed by atoms with Crippen molar-refractivity contribution in [3.8, 4) is 0 Å². The fourth-order valence-corrected chi connectivity index (χ4v) is 2.60. The molecule has 0 radical (unpaired) electrons. The molecule has 0 fully saturated rings. The second-order valence-corrected chi connectivity index (χ2v) is 5.04. The topological polar surface area (TPSA) is 140 Å². The van der Waals surface area contributed by atoms with E-state index in [-0.39, 0.29) is 21.8 Å². The zero-order valence-electron chi connectivity index (χ0n) is 11.8. The number of aromatic carboxylic acids is 2. The lowest BCUT2D eigenvalue weighted by atomic mass is 10.0. The van der Waals surface area contributed by atoms with E-state index in [4.69, 9.17) is 10.2 Å². The van der Waals surface area contributed by atoms with Gasteiger partial charge in [-0.2, -0.15) is 0 Å². The standard InChI is InChI=1S/C15H10N2O6/c1-5-2-6-10(16-3-7(12(6)18)14(20)21)11-9(5)13(19)8(4-17-11)15(22)23/h2-4H,1H3,(H,16,18)(H,17,19)(H,20,21)(H,22,23). The highest BCUT2D eigenvalue weighted by molar-refractivity contribution is 6.07. The molecule has 3 aromatic rings. The number of nitrogens with one attached hydrogen (secondary N) is 2. The molecule has 4 N–H and O–H groups in total. The lowest BCUT2D eigenvalue weighted by molar-refractivity contribution is 0.0684. The molecule has 0 saturated heterocycles. The Morgan fingerprint density at radius 2 is 1.43 bits per heavy atom. The van der Waals surface area contributed by atoms with Crippen molar-refractivity contribution in [2.24, 2.45) is 0 Å². The van der Waals surface area contributed by atoms with Crippen molar-refractivity contribution in [3.63, 3.8) is 0 Å². The van der Waals surface area contributed by atoms with Crippen LogP contribution in [-0.2, 0) is 0 Å². The predicted octanol–water partition coefficient (Wildman–Crippen LogP) is 1.07.